The summed E-state index contributed by atoms with van der Waals surface area (Å²) >= 11 is 0. The zero-order chi connectivity index (χ0) is 27.3. The summed E-state index contributed by atoms with van der Waals surface area (Å²) in [5.41, 5.74) is 1.66. The molecule has 1 aliphatic rings. The minimum Gasteiger partial charge on any atom is -0.445 e. The Bertz CT molecular complexity index is 1030. The summed E-state index contributed by atoms with van der Waals surface area (Å²) in [7, 11) is -0.198. The maximum Gasteiger partial charge on any atom is 0.475 e. The monoisotopic (exact) mass is 541 g/mol. The number of likely N-dealkylation sites (tertiary alicyclic amines) is 1. The summed E-state index contributed by atoms with van der Waals surface area (Å²) in [5, 5.41) is 24.8. The van der Waals surface area contributed by atoms with Gasteiger partial charge < -0.3 is 35.1 Å². The van der Waals surface area contributed by atoms with Crippen LogP contribution >= 0.6 is 0 Å². The normalized spacial score (nSPS) is 16.0. The minimum atomic E-state index is -1.74. The van der Waals surface area contributed by atoms with Crippen molar-refractivity contribution in [3.8, 4) is 0 Å². The summed E-state index contributed by atoms with van der Waals surface area (Å²) < 4.78 is 10.3. The molecule has 4 N–H and O–H groups in total. The molecule has 2 aromatic carbocycles. The molecule has 1 aliphatic heterocycles. The Labute approximate surface area is 230 Å². The number of alkyl carbamates (subject to hydrolysis) is 1. The highest BCUT2D eigenvalue weighted by atomic mass is 16.5. The molecule has 0 aliphatic carbocycles. The number of benzene rings is 2. The third-order valence-electron chi connectivity index (χ3n) is 6.48. The van der Waals surface area contributed by atoms with Crippen molar-refractivity contribution in [3.63, 3.8) is 0 Å². The summed E-state index contributed by atoms with van der Waals surface area (Å²) in [5.74, 6) is -1.75. The number of hydrogen-bond donors (Lipinski definition) is 4. The molecule has 0 unspecified atom stereocenters. The zero-order valence-corrected chi connectivity index (χ0v) is 21.6. The lowest BCUT2D eigenvalue weighted by Crippen LogP contribution is -2.56. The number of hydrogen-bond acceptors (Lipinski definition) is 7. The zero-order valence-electron chi connectivity index (χ0n) is 21.6. The third-order valence-corrected chi connectivity index (χ3v) is 6.48. The topological polar surface area (TPSA) is 137 Å². The largest absolute Gasteiger partial charge is 0.475 e. The molecule has 2 aromatic rings. The van der Waals surface area contributed by atoms with Crippen LogP contribution in [0.5, 0.6) is 0 Å². The number of amides is 3. The molecule has 1 saturated heterocycles. The summed E-state index contributed by atoms with van der Waals surface area (Å²) in [6.45, 7) is 0.820. The fourth-order valence-electron chi connectivity index (χ4n) is 4.48. The second-order valence-corrected chi connectivity index (χ2v) is 9.30. The van der Waals surface area contributed by atoms with Crippen molar-refractivity contribution in [2.24, 2.45) is 0 Å². The molecule has 3 atom stereocenters. The van der Waals surface area contributed by atoms with Gasteiger partial charge in [-0.3, -0.25) is 9.59 Å². The van der Waals surface area contributed by atoms with Gasteiger partial charge >= 0.3 is 13.2 Å². The van der Waals surface area contributed by atoms with E-state index in [1.165, 1.54) is 4.90 Å². The lowest BCUT2D eigenvalue weighted by atomic mass is 9.76. The van der Waals surface area contributed by atoms with Crippen molar-refractivity contribution in [1.82, 2.24) is 15.5 Å². The van der Waals surface area contributed by atoms with E-state index in [-0.39, 0.29) is 20.5 Å². The molecule has 39 heavy (non-hydrogen) atoms. The first-order valence-electron chi connectivity index (χ1n) is 12.9. The van der Waals surface area contributed by atoms with Crippen molar-refractivity contribution < 1.29 is 33.9 Å². The first-order chi connectivity index (χ1) is 18.4. The van der Waals surface area contributed by atoms with Gasteiger partial charge in [0.2, 0.25) is 11.8 Å². The molecular weight excluding hydrogens is 501 g/mol. The van der Waals surface area contributed by atoms with E-state index in [1.54, 1.807) is 7.11 Å². The third kappa shape index (κ3) is 10.0. The number of methoxy groups -OCH3 is 1. The van der Waals surface area contributed by atoms with Gasteiger partial charge in [0, 0.05) is 26.7 Å². The maximum atomic E-state index is 13.7. The average molecular weight is 541 g/mol. The summed E-state index contributed by atoms with van der Waals surface area (Å²) in [4.78, 5) is 40.9. The molecule has 0 saturated carbocycles. The van der Waals surface area contributed by atoms with Crippen LogP contribution in [0.4, 0.5) is 4.79 Å². The van der Waals surface area contributed by atoms with Crippen LogP contribution in [0.1, 0.15) is 44.2 Å². The second-order valence-electron chi connectivity index (χ2n) is 9.30. The molecule has 0 aromatic heterocycles. The maximum absolute atomic E-state index is 13.7. The van der Waals surface area contributed by atoms with Crippen molar-refractivity contribution >= 4 is 25.0 Å². The highest BCUT2D eigenvalue weighted by molar-refractivity contribution is 6.43. The fourth-order valence-corrected chi connectivity index (χ4v) is 4.48. The standard InChI is InChI=1S/C27H36BN3O7.CH4/c1-37-17-9-15-24(28(35)36)30-25(32)23-14-8-16-31(23)26(33)22(18-20-10-4-2-5-11-20)29-27(34)38-19-21-12-6-3-7-13-21;/h2-7,10-13,22-24,35-36H,8-9,14-19H2,1H3,(H,29,34)(H,30,32);1H4/t22-,23+,24+;/m1./s1. The minimum absolute atomic E-state index is 0. The SMILES string of the molecule is C.COCCC[C@H](NC(=O)[C@@H]1CCCN1C(=O)[C@@H](Cc1ccccc1)NC(=O)OCc1ccccc1)B(O)O. The van der Waals surface area contributed by atoms with Crippen LogP contribution in [0.3, 0.4) is 0 Å². The molecule has 11 heteroatoms. The van der Waals surface area contributed by atoms with E-state index in [4.69, 9.17) is 9.47 Å². The number of ether oxygens (including phenoxy) is 2. The van der Waals surface area contributed by atoms with E-state index in [1.807, 2.05) is 60.7 Å². The summed E-state index contributed by atoms with van der Waals surface area (Å²) in [6.07, 6.45) is 1.37. The van der Waals surface area contributed by atoms with Crippen LogP contribution < -0.4 is 10.6 Å². The fraction of sp³-hybridized carbons (Fsp3) is 0.464. The smallest absolute Gasteiger partial charge is 0.445 e. The van der Waals surface area contributed by atoms with Gasteiger partial charge in [-0.25, -0.2) is 4.79 Å². The van der Waals surface area contributed by atoms with E-state index >= 15 is 0 Å². The Morgan fingerprint density at radius 1 is 1.03 bits per heavy atom. The number of nitrogens with one attached hydrogen (secondary N) is 2. The van der Waals surface area contributed by atoms with E-state index in [2.05, 4.69) is 10.6 Å². The van der Waals surface area contributed by atoms with Crippen molar-refractivity contribution in [1.29, 1.82) is 0 Å². The van der Waals surface area contributed by atoms with Crippen LogP contribution in [0.25, 0.3) is 0 Å². The van der Waals surface area contributed by atoms with Gasteiger partial charge in [0.25, 0.3) is 0 Å². The van der Waals surface area contributed by atoms with E-state index < -0.39 is 43.1 Å². The predicted octanol–water partition coefficient (Wildman–Crippen LogP) is 2.07. The number of rotatable bonds is 13. The van der Waals surface area contributed by atoms with Crippen molar-refractivity contribution in [2.75, 3.05) is 20.3 Å². The lowest BCUT2D eigenvalue weighted by Gasteiger charge is -2.30. The van der Waals surface area contributed by atoms with Gasteiger partial charge in [0.1, 0.15) is 18.7 Å². The van der Waals surface area contributed by atoms with E-state index in [0.717, 1.165) is 11.1 Å². The van der Waals surface area contributed by atoms with Gasteiger partial charge in [-0.15, -0.1) is 0 Å². The van der Waals surface area contributed by atoms with Gasteiger partial charge in [0.15, 0.2) is 0 Å². The number of carbonyl (C=O) groups is 3. The van der Waals surface area contributed by atoms with Gasteiger partial charge in [-0.05, 0) is 36.8 Å². The van der Waals surface area contributed by atoms with Crippen LogP contribution in [-0.4, -0.2) is 78.3 Å². The lowest BCUT2D eigenvalue weighted by molar-refractivity contribution is -0.140. The second kappa shape index (κ2) is 16.5. The van der Waals surface area contributed by atoms with Crippen molar-refractivity contribution in [2.45, 2.75) is 64.2 Å². The molecule has 0 bridgehead atoms. The van der Waals surface area contributed by atoms with Crippen LogP contribution in [0.2, 0.25) is 0 Å². The molecule has 0 spiro atoms. The first-order valence-corrected chi connectivity index (χ1v) is 12.9. The molecule has 10 nitrogen and oxygen atoms in total. The molecule has 0 radical (unpaired) electrons. The molecule has 212 valence electrons. The highest BCUT2D eigenvalue weighted by Gasteiger charge is 2.39. The van der Waals surface area contributed by atoms with Crippen molar-refractivity contribution in [3.05, 3.63) is 71.8 Å². The van der Waals surface area contributed by atoms with Crippen LogP contribution in [0, 0.1) is 0 Å². The van der Waals surface area contributed by atoms with E-state index in [9.17, 15) is 24.4 Å². The number of nitrogens with zero attached hydrogens (tertiary/aromatic N) is 1. The Hall–Kier alpha value is -3.41. The molecule has 3 amide bonds. The molecule has 1 fully saturated rings. The average Bonchev–Trinajstić information content (AvgIpc) is 3.42. The van der Waals surface area contributed by atoms with Gasteiger partial charge in [-0.2, -0.15) is 0 Å². The molecular formula is C28H40BN3O7. The van der Waals surface area contributed by atoms with Crippen LogP contribution in [-0.2, 0) is 32.1 Å². The summed E-state index contributed by atoms with van der Waals surface area (Å²) in [6, 6.07) is 16.8. The van der Waals surface area contributed by atoms with E-state index in [0.29, 0.717) is 38.8 Å². The van der Waals surface area contributed by atoms with Crippen LogP contribution in [0.15, 0.2) is 60.7 Å². The Kier molecular flexibility index (Phi) is 13.5. The molecule has 3 rings (SSSR count). The predicted molar refractivity (Wildman–Crippen MR) is 148 cm³/mol. The highest BCUT2D eigenvalue weighted by Crippen LogP contribution is 2.20. The van der Waals surface area contributed by atoms with Gasteiger partial charge in [-0.1, -0.05) is 68.1 Å². The quantitative estimate of drug-likeness (QED) is 0.225. The first kappa shape index (κ1) is 31.8. The number of carbonyl (C=O) groups excluding carboxylic acids is 3. The Morgan fingerprint density at radius 3 is 2.28 bits per heavy atom. The Morgan fingerprint density at radius 2 is 1.67 bits per heavy atom. The molecule has 1 heterocycles. The Balaban J connectivity index is 0.00000533. The van der Waals surface area contributed by atoms with Gasteiger partial charge in [0.05, 0.1) is 5.94 Å².